The summed E-state index contributed by atoms with van der Waals surface area (Å²) in [5.41, 5.74) is -0.133. The number of ether oxygens (including phenoxy) is 2. The Morgan fingerprint density at radius 3 is 2.57 bits per heavy atom. The van der Waals surface area contributed by atoms with Crippen LogP contribution in [0.5, 0.6) is 0 Å². The van der Waals surface area contributed by atoms with Gasteiger partial charge in [-0.1, -0.05) is 6.92 Å². The molecule has 2 aromatic heterocycles. The average Bonchev–Trinajstić information content (AvgIpc) is 3.25. The molecule has 0 aliphatic carbocycles. The number of esters is 2. The Morgan fingerprint density at radius 1 is 1.25 bits per heavy atom. The molecule has 0 unspecified atom stereocenters. The van der Waals surface area contributed by atoms with Gasteiger partial charge in [0.2, 0.25) is 0 Å². The lowest BCUT2D eigenvalue weighted by atomic mass is 10.1. The van der Waals surface area contributed by atoms with Crippen LogP contribution in [-0.4, -0.2) is 40.8 Å². The van der Waals surface area contributed by atoms with Crippen molar-refractivity contribution in [1.82, 2.24) is 9.78 Å². The molecule has 0 aliphatic rings. The van der Waals surface area contributed by atoms with E-state index in [1.165, 1.54) is 6.92 Å². The Hall–Kier alpha value is -2.82. The molecule has 0 aromatic carbocycles. The van der Waals surface area contributed by atoms with Crippen LogP contribution in [0.15, 0.2) is 12.3 Å². The van der Waals surface area contributed by atoms with Crippen molar-refractivity contribution in [3.8, 4) is 0 Å². The van der Waals surface area contributed by atoms with Crippen molar-refractivity contribution in [2.45, 2.75) is 33.7 Å². The number of amides is 1. The average molecular weight is 415 g/mol. The number of thiophene rings is 1. The van der Waals surface area contributed by atoms with Crippen molar-refractivity contribution in [3.63, 3.8) is 0 Å². The highest BCUT2D eigenvalue weighted by Crippen LogP contribution is 2.34. The summed E-state index contributed by atoms with van der Waals surface area (Å²) in [6.45, 7) is 2.22. The highest BCUT2D eigenvalue weighted by atomic mass is 32.1. The monoisotopic (exact) mass is 415 g/mol. The molecule has 0 radical (unpaired) electrons. The van der Waals surface area contributed by atoms with Gasteiger partial charge in [-0.05, 0) is 31.9 Å². The van der Waals surface area contributed by atoms with E-state index < -0.39 is 30.1 Å². The van der Waals surface area contributed by atoms with Gasteiger partial charge in [0.05, 0.1) is 18.8 Å². The molecule has 0 fully saturated rings. The van der Waals surface area contributed by atoms with E-state index in [2.05, 4.69) is 10.4 Å². The summed E-state index contributed by atoms with van der Waals surface area (Å²) in [7, 11) is 0. The van der Waals surface area contributed by atoms with Crippen molar-refractivity contribution in [2.24, 2.45) is 0 Å². The van der Waals surface area contributed by atoms with Crippen molar-refractivity contribution in [2.75, 3.05) is 18.5 Å². The van der Waals surface area contributed by atoms with Gasteiger partial charge in [-0.15, -0.1) is 11.3 Å². The molecule has 0 aliphatic heterocycles. The fourth-order valence-electron chi connectivity index (χ4n) is 2.32. The Kier molecular flexibility index (Phi) is 7.21. The maximum absolute atomic E-state index is 13.0. The van der Waals surface area contributed by atoms with E-state index in [1.807, 2.05) is 6.92 Å². The molecule has 2 heterocycles. The van der Waals surface area contributed by atoms with Gasteiger partial charge in [-0.25, -0.2) is 9.59 Å². The van der Waals surface area contributed by atoms with Crippen LogP contribution >= 0.6 is 11.3 Å². The largest absolute Gasteiger partial charge is 0.462 e. The zero-order chi connectivity index (χ0) is 20.8. The number of nitrogens with one attached hydrogen (secondary N) is 1. The molecular formula is C17H19F2N3O5S. The lowest BCUT2D eigenvalue weighted by Crippen LogP contribution is -2.19. The number of hydrogen-bond donors (Lipinski definition) is 1. The van der Waals surface area contributed by atoms with Crippen LogP contribution in [0.2, 0.25) is 0 Å². The highest BCUT2D eigenvalue weighted by molar-refractivity contribution is 7.18. The van der Waals surface area contributed by atoms with E-state index in [1.54, 1.807) is 6.92 Å². The number of halogens is 2. The van der Waals surface area contributed by atoms with E-state index >= 15 is 0 Å². The number of carbonyl (C=O) groups excluding carboxylic acids is 3. The second-order valence-corrected chi connectivity index (χ2v) is 6.53. The molecule has 2 aromatic rings. The van der Waals surface area contributed by atoms with Gasteiger partial charge in [0, 0.05) is 6.20 Å². The van der Waals surface area contributed by atoms with Crippen LogP contribution in [0.1, 0.15) is 62.9 Å². The second kappa shape index (κ2) is 9.40. The minimum atomic E-state index is -3.01. The van der Waals surface area contributed by atoms with Crippen LogP contribution in [0.4, 0.5) is 13.8 Å². The topological polar surface area (TPSA) is 99.5 Å². The number of anilines is 1. The van der Waals surface area contributed by atoms with Crippen molar-refractivity contribution >= 4 is 34.2 Å². The van der Waals surface area contributed by atoms with E-state index in [9.17, 15) is 23.2 Å². The van der Waals surface area contributed by atoms with Gasteiger partial charge in [-0.3, -0.25) is 4.79 Å². The maximum Gasteiger partial charge on any atom is 0.348 e. The minimum absolute atomic E-state index is 0.00803. The van der Waals surface area contributed by atoms with E-state index in [4.69, 9.17) is 9.47 Å². The predicted molar refractivity (Wildman–Crippen MR) is 97.0 cm³/mol. The van der Waals surface area contributed by atoms with Crippen LogP contribution in [0.3, 0.4) is 0 Å². The summed E-state index contributed by atoms with van der Waals surface area (Å²) < 4.78 is 36.2. The summed E-state index contributed by atoms with van der Waals surface area (Å²) >= 11 is 0.811. The molecule has 28 heavy (non-hydrogen) atoms. The van der Waals surface area contributed by atoms with Gasteiger partial charge in [0.15, 0.2) is 0 Å². The number of nitrogens with zero attached hydrogens (tertiary/aromatic N) is 2. The van der Waals surface area contributed by atoms with Crippen molar-refractivity contribution in [3.05, 3.63) is 34.0 Å². The first kappa shape index (κ1) is 21.5. The molecule has 152 valence electrons. The Morgan fingerprint density at radius 2 is 1.96 bits per heavy atom. The molecule has 0 saturated heterocycles. The quantitative estimate of drug-likeness (QED) is 0.661. The summed E-state index contributed by atoms with van der Waals surface area (Å²) in [4.78, 5) is 37.1. The SMILES string of the molecule is CCCOC(=O)c1c(NC(=O)c2ccnn2C(F)F)sc(C(=O)OCC)c1C. The smallest absolute Gasteiger partial charge is 0.348 e. The van der Waals surface area contributed by atoms with E-state index in [0.717, 1.165) is 23.6 Å². The molecule has 0 atom stereocenters. The van der Waals surface area contributed by atoms with Gasteiger partial charge in [-0.2, -0.15) is 18.6 Å². The Bertz CT molecular complexity index is 878. The zero-order valence-corrected chi connectivity index (χ0v) is 16.3. The molecule has 1 amide bonds. The number of carbonyl (C=O) groups is 3. The first-order valence-corrected chi connectivity index (χ1v) is 9.24. The number of aromatic nitrogens is 2. The van der Waals surface area contributed by atoms with Crippen LogP contribution < -0.4 is 5.32 Å². The maximum atomic E-state index is 13.0. The molecule has 8 nitrogen and oxygen atoms in total. The molecule has 0 spiro atoms. The zero-order valence-electron chi connectivity index (χ0n) is 15.5. The first-order valence-electron chi connectivity index (χ1n) is 8.42. The standard InChI is InChI=1S/C17H19F2N3O5S/c1-4-8-27-15(24)11-9(3)12(16(25)26-5-2)28-14(11)21-13(23)10-6-7-20-22(10)17(18)19/h6-7,17H,4-5,8H2,1-3H3,(H,21,23). The summed E-state index contributed by atoms with van der Waals surface area (Å²) in [5, 5.41) is 5.80. The summed E-state index contributed by atoms with van der Waals surface area (Å²) in [6, 6.07) is 1.11. The first-order chi connectivity index (χ1) is 13.3. The fourth-order valence-corrected chi connectivity index (χ4v) is 3.41. The highest BCUT2D eigenvalue weighted by Gasteiger charge is 2.28. The third-order valence-corrected chi connectivity index (χ3v) is 4.75. The van der Waals surface area contributed by atoms with Crippen LogP contribution in [-0.2, 0) is 9.47 Å². The number of rotatable bonds is 8. The van der Waals surface area contributed by atoms with E-state index in [-0.39, 0.29) is 38.9 Å². The predicted octanol–water partition coefficient (Wildman–Crippen LogP) is 3.64. The third-order valence-electron chi connectivity index (χ3n) is 3.56. The lowest BCUT2D eigenvalue weighted by molar-refractivity contribution is 0.0503. The Balaban J connectivity index is 2.41. The molecule has 1 N–H and O–H groups in total. The van der Waals surface area contributed by atoms with Crippen molar-refractivity contribution < 1.29 is 32.6 Å². The lowest BCUT2D eigenvalue weighted by Gasteiger charge is -2.09. The fraction of sp³-hybridized carbons (Fsp3) is 0.412. The Labute approximate surface area is 163 Å². The van der Waals surface area contributed by atoms with E-state index in [0.29, 0.717) is 6.42 Å². The van der Waals surface area contributed by atoms with Gasteiger partial charge in [0.1, 0.15) is 15.6 Å². The normalized spacial score (nSPS) is 10.8. The molecule has 2 rings (SSSR count). The van der Waals surface area contributed by atoms with Crippen LogP contribution in [0, 0.1) is 6.92 Å². The number of hydrogen-bond acceptors (Lipinski definition) is 7. The molecule has 11 heteroatoms. The van der Waals surface area contributed by atoms with Gasteiger partial charge in [0.25, 0.3) is 5.91 Å². The van der Waals surface area contributed by atoms with Gasteiger partial charge >= 0.3 is 18.5 Å². The van der Waals surface area contributed by atoms with Crippen molar-refractivity contribution in [1.29, 1.82) is 0 Å². The number of alkyl halides is 2. The summed E-state index contributed by atoms with van der Waals surface area (Å²) in [6.07, 6.45) is 1.64. The second-order valence-electron chi connectivity index (χ2n) is 5.51. The third kappa shape index (κ3) is 4.53. The molecular weight excluding hydrogens is 396 g/mol. The molecule has 0 bridgehead atoms. The van der Waals surface area contributed by atoms with Crippen LogP contribution in [0.25, 0.3) is 0 Å². The summed E-state index contributed by atoms with van der Waals surface area (Å²) in [5.74, 6) is -2.30. The van der Waals surface area contributed by atoms with Gasteiger partial charge < -0.3 is 14.8 Å². The minimum Gasteiger partial charge on any atom is -0.462 e. The molecule has 0 saturated carbocycles.